The fraction of sp³-hybridized carbons (Fsp3) is 0.611. The van der Waals surface area contributed by atoms with Crippen molar-refractivity contribution in [3.8, 4) is 5.75 Å². The van der Waals surface area contributed by atoms with Gasteiger partial charge in [-0.2, -0.15) is 0 Å². The summed E-state index contributed by atoms with van der Waals surface area (Å²) in [5.74, 6) is 2.31. The van der Waals surface area contributed by atoms with Crippen LogP contribution < -0.4 is 21.9 Å². The van der Waals surface area contributed by atoms with Crippen LogP contribution in [0.2, 0.25) is 0 Å². The number of nitrogens with zero attached hydrogens (tertiary/aromatic N) is 1. The summed E-state index contributed by atoms with van der Waals surface area (Å²) in [5, 5.41) is 0. The van der Waals surface area contributed by atoms with E-state index in [4.69, 9.17) is 21.9 Å². The molecule has 1 aromatic rings. The molecule has 0 aromatic heterocycles. The Morgan fingerprint density at radius 2 is 1.92 bits per heavy atom. The van der Waals surface area contributed by atoms with Gasteiger partial charge in [-0.15, -0.1) is 37.2 Å². The van der Waals surface area contributed by atoms with E-state index in [0.29, 0.717) is 17.7 Å². The SMILES string of the molecule is CC1Oc2ccc(C(C)(N)C3CCCC(CN)C3)cc2N=C1N.Cl.Cl.Cl. The second-order valence-corrected chi connectivity index (χ2v) is 7.23. The van der Waals surface area contributed by atoms with Gasteiger partial charge in [0.2, 0.25) is 0 Å². The Hall–Kier alpha value is -0.720. The van der Waals surface area contributed by atoms with Crippen LogP contribution in [-0.2, 0) is 5.54 Å². The number of nitrogens with two attached hydrogens (primary N) is 3. The number of aliphatic imine (C=N–C) groups is 1. The topological polar surface area (TPSA) is 99.6 Å². The summed E-state index contributed by atoms with van der Waals surface area (Å²) < 4.78 is 5.78. The lowest BCUT2D eigenvalue weighted by atomic mass is 9.69. The van der Waals surface area contributed by atoms with E-state index in [1.165, 1.54) is 12.8 Å². The maximum atomic E-state index is 6.76. The molecule has 5 nitrogen and oxygen atoms in total. The van der Waals surface area contributed by atoms with Crippen LogP contribution in [0.25, 0.3) is 0 Å². The lowest BCUT2D eigenvalue weighted by molar-refractivity contribution is 0.179. The molecule has 0 bridgehead atoms. The molecule has 3 rings (SSSR count). The average Bonchev–Trinajstić information content (AvgIpc) is 2.55. The summed E-state index contributed by atoms with van der Waals surface area (Å²) >= 11 is 0. The van der Waals surface area contributed by atoms with Gasteiger partial charge < -0.3 is 21.9 Å². The van der Waals surface area contributed by atoms with Gasteiger partial charge in [0.25, 0.3) is 0 Å². The largest absolute Gasteiger partial charge is 0.481 e. The molecule has 1 heterocycles. The third-order valence-corrected chi connectivity index (χ3v) is 5.51. The first-order valence-corrected chi connectivity index (χ1v) is 8.56. The number of hydrogen-bond acceptors (Lipinski definition) is 5. The highest BCUT2D eigenvalue weighted by molar-refractivity contribution is 5.89. The number of ether oxygens (including phenoxy) is 1. The molecular weight excluding hydrogens is 395 g/mol. The van der Waals surface area contributed by atoms with E-state index in [-0.39, 0.29) is 43.3 Å². The van der Waals surface area contributed by atoms with Gasteiger partial charge in [0.05, 0.1) is 0 Å². The molecule has 150 valence electrons. The van der Waals surface area contributed by atoms with Gasteiger partial charge in [0.1, 0.15) is 17.3 Å². The Morgan fingerprint density at radius 1 is 1.23 bits per heavy atom. The molecule has 1 saturated carbocycles. The molecule has 0 radical (unpaired) electrons. The molecule has 1 aliphatic carbocycles. The molecule has 0 amide bonds. The highest BCUT2D eigenvalue weighted by Crippen LogP contribution is 2.42. The maximum Gasteiger partial charge on any atom is 0.153 e. The molecule has 26 heavy (non-hydrogen) atoms. The molecule has 0 spiro atoms. The highest BCUT2D eigenvalue weighted by atomic mass is 35.5. The summed E-state index contributed by atoms with van der Waals surface area (Å²) in [6.45, 7) is 4.78. The van der Waals surface area contributed by atoms with Crippen molar-refractivity contribution in [2.45, 2.75) is 51.2 Å². The summed E-state index contributed by atoms with van der Waals surface area (Å²) in [4.78, 5) is 4.47. The summed E-state index contributed by atoms with van der Waals surface area (Å²) in [6, 6.07) is 6.06. The minimum absolute atomic E-state index is 0. The van der Waals surface area contributed by atoms with Crippen molar-refractivity contribution in [2.75, 3.05) is 6.54 Å². The first-order chi connectivity index (χ1) is 10.9. The summed E-state index contributed by atoms with van der Waals surface area (Å²) in [7, 11) is 0. The lowest BCUT2D eigenvalue weighted by Gasteiger charge is -2.40. The monoisotopic (exact) mass is 424 g/mol. The standard InChI is InChI=1S/C18H28N4O.3ClH/c1-11-17(20)22-15-9-14(6-7-16(15)23-11)18(2,21)13-5-3-4-12(8-13)10-19;;;/h6-7,9,11-13H,3-5,8,10,19,21H2,1-2H3,(H2,20,22);3*1H. The van der Waals surface area contributed by atoms with E-state index >= 15 is 0 Å². The van der Waals surface area contributed by atoms with Gasteiger partial charge in [-0.05, 0) is 69.2 Å². The van der Waals surface area contributed by atoms with E-state index < -0.39 is 5.54 Å². The smallest absolute Gasteiger partial charge is 0.153 e. The van der Waals surface area contributed by atoms with Crippen molar-refractivity contribution >= 4 is 48.7 Å². The Labute approximate surface area is 174 Å². The zero-order chi connectivity index (χ0) is 16.6. The Kier molecular flexibility index (Phi) is 9.72. The van der Waals surface area contributed by atoms with Crippen molar-refractivity contribution in [1.29, 1.82) is 0 Å². The molecule has 6 N–H and O–H groups in total. The van der Waals surface area contributed by atoms with E-state index in [2.05, 4.69) is 18.0 Å². The summed E-state index contributed by atoms with van der Waals surface area (Å²) in [5.41, 5.74) is 20.0. The zero-order valence-electron chi connectivity index (χ0n) is 15.3. The van der Waals surface area contributed by atoms with E-state index in [0.717, 1.165) is 36.4 Å². The number of hydrogen-bond donors (Lipinski definition) is 3. The van der Waals surface area contributed by atoms with Gasteiger partial charge in [0, 0.05) is 5.54 Å². The first kappa shape index (κ1) is 25.3. The minimum Gasteiger partial charge on any atom is -0.481 e. The van der Waals surface area contributed by atoms with Gasteiger partial charge in [-0.1, -0.05) is 12.5 Å². The van der Waals surface area contributed by atoms with Crippen LogP contribution in [0.3, 0.4) is 0 Å². The Balaban J connectivity index is 0.00000208. The van der Waals surface area contributed by atoms with E-state index in [9.17, 15) is 0 Å². The first-order valence-electron chi connectivity index (χ1n) is 8.56. The molecule has 4 atom stereocenters. The molecule has 1 aromatic carbocycles. The quantitative estimate of drug-likeness (QED) is 0.688. The van der Waals surface area contributed by atoms with Crippen molar-refractivity contribution < 1.29 is 4.74 Å². The molecule has 8 heteroatoms. The lowest BCUT2D eigenvalue weighted by Crippen LogP contribution is -2.44. The number of halogens is 3. The molecular formula is C18H31Cl3N4O. The number of amidine groups is 1. The molecule has 1 fully saturated rings. The zero-order valence-corrected chi connectivity index (χ0v) is 17.8. The fourth-order valence-electron chi connectivity index (χ4n) is 3.81. The molecule has 0 saturated heterocycles. The second-order valence-electron chi connectivity index (χ2n) is 7.23. The van der Waals surface area contributed by atoms with Crippen LogP contribution in [0.1, 0.15) is 45.1 Å². The molecule has 2 aliphatic rings. The van der Waals surface area contributed by atoms with Crippen LogP contribution in [0, 0.1) is 11.8 Å². The predicted octanol–water partition coefficient (Wildman–Crippen LogP) is 3.66. The van der Waals surface area contributed by atoms with Crippen LogP contribution in [0.15, 0.2) is 23.2 Å². The van der Waals surface area contributed by atoms with Crippen molar-refractivity contribution in [3.63, 3.8) is 0 Å². The Morgan fingerprint density at radius 3 is 2.58 bits per heavy atom. The number of rotatable bonds is 3. The third-order valence-electron chi connectivity index (χ3n) is 5.51. The third kappa shape index (κ3) is 4.96. The van der Waals surface area contributed by atoms with E-state index in [1.807, 2.05) is 19.1 Å². The van der Waals surface area contributed by atoms with E-state index in [1.54, 1.807) is 0 Å². The van der Waals surface area contributed by atoms with Gasteiger partial charge >= 0.3 is 0 Å². The van der Waals surface area contributed by atoms with Crippen LogP contribution >= 0.6 is 37.2 Å². The summed E-state index contributed by atoms with van der Waals surface area (Å²) in [6.07, 6.45) is 4.50. The van der Waals surface area contributed by atoms with Gasteiger partial charge in [-0.25, -0.2) is 4.99 Å². The number of fused-ring (bicyclic) bond motifs is 1. The van der Waals surface area contributed by atoms with Crippen molar-refractivity contribution in [1.82, 2.24) is 0 Å². The second kappa shape index (κ2) is 10.00. The van der Waals surface area contributed by atoms with Gasteiger partial charge in [-0.3, -0.25) is 0 Å². The minimum atomic E-state index is -0.393. The van der Waals surface area contributed by atoms with Crippen molar-refractivity contribution in [2.24, 2.45) is 34.0 Å². The Bertz CT molecular complexity index is 624. The van der Waals surface area contributed by atoms with Gasteiger partial charge in [0.15, 0.2) is 6.10 Å². The normalized spacial score (nSPS) is 26.5. The molecule has 1 aliphatic heterocycles. The fourth-order valence-corrected chi connectivity index (χ4v) is 3.81. The van der Waals surface area contributed by atoms with Crippen LogP contribution in [0.5, 0.6) is 5.75 Å². The maximum absolute atomic E-state index is 6.76. The average molecular weight is 426 g/mol. The van der Waals surface area contributed by atoms with Crippen molar-refractivity contribution in [3.05, 3.63) is 23.8 Å². The van der Waals surface area contributed by atoms with Crippen LogP contribution in [0.4, 0.5) is 5.69 Å². The van der Waals surface area contributed by atoms with Crippen LogP contribution in [-0.4, -0.2) is 18.5 Å². The number of benzene rings is 1. The highest BCUT2D eigenvalue weighted by Gasteiger charge is 2.36. The molecule has 4 unspecified atom stereocenters. The predicted molar refractivity (Wildman–Crippen MR) is 116 cm³/mol.